The van der Waals surface area contributed by atoms with Crippen molar-refractivity contribution in [2.24, 2.45) is 0 Å². The molecule has 0 spiro atoms. The number of hydrogen-bond donors (Lipinski definition) is 1. The van der Waals surface area contributed by atoms with Crippen molar-refractivity contribution in [1.29, 1.82) is 0 Å². The molecule has 2 amide bonds. The number of hydrogen-bond acceptors (Lipinski definition) is 6. The third-order valence-corrected chi connectivity index (χ3v) is 6.10. The molecular weight excluding hydrogens is 367 g/mol. The quantitative estimate of drug-likeness (QED) is 0.797. The second kappa shape index (κ2) is 7.72. The zero-order valence-electron chi connectivity index (χ0n) is 14.9. The molecule has 1 aromatic heterocycles. The number of amides is 2. The van der Waals surface area contributed by atoms with Crippen LogP contribution >= 0.6 is 11.3 Å². The monoisotopic (exact) mass is 388 g/mol. The molecule has 2 fully saturated rings. The van der Waals surface area contributed by atoms with E-state index in [-0.39, 0.29) is 29.7 Å². The first-order chi connectivity index (χ1) is 13.1. The Morgan fingerprint density at radius 3 is 2.48 bits per heavy atom. The Balaban J connectivity index is 1.31. The van der Waals surface area contributed by atoms with Gasteiger partial charge in [0.1, 0.15) is 10.8 Å². The summed E-state index contributed by atoms with van der Waals surface area (Å²) < 4.78 is 13.8. The lowest BCUT2D eigenvalue weighted by Crippen LogP contribution is -2.43. The van der Waals surface area contributed by atoms with Crippen molar-refractivity contribution < 1.29 is 14.0 Å². The maximum Gasteiger partial charge on any atom is 0.229 e. The number of benzene rings is 1. The predicted octanol–water partition coefficient (Wildman–Crippen LogP) is 3.14. The van der Waals surface area contributed by atoms with Gasteiger partial charge in [-0.3, -0.25) is 14.5 Å². The summed E-state index contributed by atoms with van der Waals surface area (Å²) in [7, 11) is 0. The molecule has 4 rings (SSSR count). The highest BCUT2D eigenvalue weighted by Gasteiger charge is 2.36. The van der Waals surface area contributed by atoms with Crippen LogP contribution in [0.2, 0.25) is 0 Å². The second-order valence-electron chi connectivity index (χ2n) is 7.08. The van der Waals surface area contributed by atoms with Gasteiger partial charge in [0, 0.05) is 31.3 Å². The Labute approximate surface area is 160 Å². The molecule has 27 heavy (non-hydrogen) atoms. The number of imide groups is 1. The number of carbonyl (C=O) groups excluding carboxylic acids is 2. The molecule has 2 aliphatic rings. The molecule has 0 radical (unpaired) electrons. The first kappa shape index (κ1) is 18.0. The number of carbonyl (C=O) groups is 2. The maximum atomic E-state index is 13.8. The average molecular weight is 388 g/mol. The van der Waals surface area contributed by atoms with E-state index in [0.717, 1.165) is 35.8 Å². The van der Waals surface area contributed by atoms with Gasteiger partial charge in [0.25, 0.3) is 0 Å². The Morgan fingerprint density at radius 1 is 1.07 bits per heavy atom. The van der Waals surface area contributed by atoms with E-state index in [9.17, 15) is 14.0 Å². The molecule has 8 heteroatoms. The minimum atomic E-state index is -0.230. The van der Waals surface area contributed by atoms with Gasteiger partial charge in [-0.1, -0.05) is 29.5 Å². The van der Waals surface area contributed by atoms with Crippen molar-refractivity contribution in [3.63, 3.8) is 0 Å². The molecule has 1 N–H and O–H groups in total. The fourth-order valence-electron chi connectivity index (χ4n) is 3.84. The number of nitrogens with zero attached hydrogens (tertiary/aromatic N) is 3. The molecule has 0 atom stereocenters. The first-order valence-electron chi connectivity index (χ1n) is 9.27. The summed E-state index contributed by atoms with van der Waals surface area (Å²) in [6, 6.07) is 6.98. The standard InChI is InChI=1S/C19H21FN4O2S/c20-15-4-2-1-3-12(15)11-16-22-23-19(27-16)21-13-5-7-14(8-6-13)24-17(25)9-10-18(24)26/h1-4,13-14H,5-11H2,(H,21,23). The van der Waals surface area contributed by atoms with Gasteiger partial charge in [0.15, 0.2) is 0 Å². The van der Waals surface area contributed by atoms with Gasteiger partial charge >= 0.3 is 0 Å². The fourth-order valence-corrected chi connectivity index (χ4v) is 4.68. The SMILES string of the molecule is O=C1CCC(=O)N1C1CCC(Nc2nnc(Cc3ccccc3F)s2)CC1. The number of aromatic nitrogens is 2. The molecule has 0 unspecified atom stereocenters. The summed E-state index contributed by atoms with van der Waals surface area (Å²) in [5.74, 6) is -0.289. The second-order valence-corrected chi connectivity index (χ2v) is 8.14. The van der Waals surface area contributed by atoms with Crippen LogP contribution in [0.4, 0.5) is 9.52 Å². The molecule has 2 aromatic rings. The third-order valence-electron chi connectivity index (χ3n) is 5.25. The smallest absolute Gasteiger partial charge is 0.229 e. The van der Waals surface area contributed by atoms with Crippen molar-refractivity contribution in [2.75, 3.05) is 5.32 Å². The largest absolute Gasteiger partial charge is 0.357 e. The van der Waals surface area contributed by atoms with E-state index in [4.69, 9.17) is 0 Å². The van der Waals surface area contributed by atoms with E-state index in [2.05, 4.69) is 15.5 Å². The lowest BCUT2D eigenvalue weighted by atomic mass is 9.90. The van der Waals surface area contributed by atoms with Crippen LogP contribution in [0.3, 0.4) is 0 Å². The highest BCUT2D eigenvalue weighted by Crippen LogP contribution is 2.30. The number of anilines is 1. The molecule has 6 nitrogen and oxygen atoms in total. The van der Waals surface area contributed by atoms with E-state index in [1.165, 1.54) is 22.3 Å². The van der Waals surface area contributed by atoms with Crippen LogP contribution in [-0.4, -0.2) is 39.0 Å². The minimum Gasteiger partial charge on any atom is -0.357 e. The molecule has 1 saturated heterocycles. The Morgan fingerprint density at radius 2 is 1.78 bits per heavy atom. The van der Waals surface area contributed by atoms with Crippen LogP contribution < -0.4 is 5.32 Å². The normalized spacial score (nSPS) is 23.1. The van der Waals surface area contributed by atoms with Gasteiger partial charge in [0.2, 0.25) is 16.9 Å². The number of rotatable bonds is 5. The van der Waals surface area contributed by atoms with E-state index in [1.54, 1.807) is 12.1 Å². The minimum absolute atomic E-state index is 0.0293. The highest BCUT2D eigenvalue weighted by atomic mass is 32.1. The van der Waals surface area contributed by atoms with Gasteiger partial charge in [-0.2, -0.15) is 0 Å². The molecule has 2 heterocycles. The van der Waals surface area contributed by atoms with Crippen LogP contribution in [-0.2, 0) is 16.0 Å². The van der Waals surface area contributed by atoms with Crippen LogP contribution in [0.25, 0.3) is 0 Å². The lowest BCUT2D eigenvalue weighted by Gasteiger charge is -2.33. The Hall–Kier alpha value is -2.35. The molecule has 1 aliphatic heterocycles. The van der Waals surface area contributed by atoms with Gasteiger partial charge in [0.05, 0.1) is 0 Å². The average Bonchev–Trinajstić information content (AvgIpc) is 3.24. The Kier molecular flexibility index (Phi) is 5.15. The zero-order chi connectivity index (χ0) is 18.8. The van der Waals surface area contributed by atoms with Gasteiger partial charge in [-0.05, 0) is 37.3 Å². The van der Waals surface area contributed by atoms with Crippen LogP contribution in [0.1, 0.15) is 49.1 Å². The topological polar surface area (TPSA) is 75.2 Å². The van der Waals surface area contributed by atoms with E-state index in [1.807, 2.05) is 6.07 Å². The van der Waals surface area contributed by atoms with E-state index in [0.29, 0.717) is 24.8 Å². The zero-order valence-corrected chi connectivity index (χ0v) is 15.7. The summed E-state index contributed by atoms with van der Waals surface area (Å²) in [6.45, 7) is 0. The van der Waals surface area contributed by atoms with Crippen LogP contribution in [0, 0.1) is 5.82 Å². The van der Waals surface area contributed by atoms with Crippen molar-refractivity contribution in [2.45, 2.75) is 57.0 Å². The van der Waals surface area contributed by atoms with Crippen molar-refractivity contribution in [3.05, 3.63) is 40.7 Å². The summed E-state index contributed by atoms with van der Waals surface area (Å²) in [5.41, 5.74) is 0.612. The van der Waals surface area contributed by atoms with Crippen LogP contribution in [0.5, 0.6) is 0 Å². The predicted molar refractivity (Wildman–Crippen MR) is 99.9 cm³/mol. The van der Waals surface area contributed by atoms with Crippen molar-refractivity contribution in [1.82, 2.24) is 15.1 Å². The summed E-state index contributed by atoms with van der Waals surface area (Å²) in [6.07, 6.45) is 4.52. The number of halogens is 1. The molecular formula is C19H21FN4O2S. The number of likely N-dealkylation sites (tertiary alicyclic amines) is 1. The molecule has 0 bridgehead atoms. The highest BCUT2D eigenvalue weighted by molar-refractivity contribution is 7.15. The van der Waals surface area contributed by atoms with E-state index >= 15 is 0 Å². The molecule has 142 valence electrons. The summed E-state index contributed by atoms with van der Waals surface area (Å²) >= 11 is 1.44. The number of nitrogens with one attached hydrogen (secondary N) is 1. The Bertz CT molecular complexity index is 832. The lowest BCUT2D eigenvalue weighted by molar-refractivity contribution is -0.141. The third kappa shape index (κ3) is 4.00. The van der Waals surface area contributed by atoms with Gasteiger partial charge in [-0.15, -0.1) is 10.2 Å². The van der Waals surface area contributed by atoms with Gasteiger partial charge in [-0.25, -0.2) is 4.39 Å². The fraction of sp³-hybridized carbons (Fsp3) is 0.474. The van der Waals surface area contributed by atoms with Crippen molar-refractivity contribution >= 4 is 28.3 Å². The summed E-state index contributed by atoms with van der Waals surface area (Å²) in [4.78, 5) is 25.2. The van der Waals surface area contributed by atoms with Gasteiger partial charge < -0.3 is 5.32 Å². The van der Waals surface area contributed by atoms with E-state index < -0.39 is 0 Å². The first-order valence-corrected chi connectivity index (χ1v) is 10.1. The van der Waals surface area contributed by atoms with Crippen LogP contribution in [0.15, 0.2) is 24.3 Å². The van der Waals surface area contributed by atoms with Crippen molar-refractivity contribution in [3.8, 4) is 0 Å². The summed E-state index contributed by atoms with van der Waals surface area (Å²) in [5, 5.41) is 13.2. The molecule has 1 aliphatic carbocycles. The molecule has 1 saturated carbocycles. The maximum absolute atomic E-state index is 13.8. The molecule has 1 aromatic carbocycles.